The smallest absolute Gasteiger partial charge is 0.0748 e. The summed E-state index contributed by atoms with van der Waals surface area (Å²) in [7, 11) is 0. The van der Waals surface area contributed by atoms with Gasteiger partial charge >= 0.3 is 0 Å². The van der Waals surface area contributed by atoms with Crippen molar-refractivity contribution in [2.75, 3.05) is 13.1 Å². The molecule has 0 aromatic rings. The molecular formula is C5H11N2. The fourth-order valence-electron chi connectivity index (χ4n) is 0.660. The Bertz CT molecular complexity index is 50.0. The van der Waals surface area contributed by atoms with Gasteiger partial charge in [0, 0.05) is 6.54 Å². The fraction of sp³-hybridized carbons (Fsp3) is 1.00. The molecule has 1 saturated heterocycles. The normalized spacial score (nSPS) is 29.6. The van der Waals surface area contributed by atoms with E-state index in [1.807, 2.05) is 0 Å². The third-order valence-corrected chi connectivity index (χ3v) is 1.19. The summed E-state index contributed by atoms with van der Waals surface area (Å²) >= 11 is 0. The first-order chi connectivity index (χ1) is 3.43. The van der Waals surface area contributed by atoms with Crippen LogP contribution < -0.4 is 10.6 Å². The molecule has 1 aliphatic rings. The molecule has 0 aromatic heterocycles. The molecule has 1 aliphatic heterocycles. The molecule has 1 unspecified atom stereocenters. The summed E-state index contributed by atoms with van der Waals surface area (Å²) < 4.78 is 0. The highest BCUT2D eigenvalue weighted by atomic mass is 15.2. The van der Waals surface area contributed by atoms with Crippen LogP contribution in [0.4, 0.5) is 0 Å². The van der Waals surface area contributed by atoms with Crippen LogP contribution in [0.3, 0.4) is 0 Å². The van der Waals surface area contributed by atoms with Crippen molar-refractivity contribution in [1.82, 2.24) is 10.6 Å². The third-order valence-electron chi connectivity index (χ3n) is 1.19. The van der Waals surface area contributed by atoms with Crippen molar-refractivity contribution in [2.24, 2.45) is 0 Å². The van der Waals surface area contributed by atoms with Gasteiger partial charge in [-0.15, -0.1) is 0 Å². The Morgan fingerprint density at radius 3 is 2.71 bits per heavy atom. The molecule has 7 heavy (non-hydrogen) atoms. The molecule has 2 nitrogen and oxygen atoms in total. The Balaban J connectivity index is 1.93. The summed E-state index contributed by atoms with van der Waals surface area (Å²) in [5.41, 5.74) is 0. The first-order valence-electron chi connectivity index (χ1n) is 2.83. The summed E-state index contributed by atoms with van der Waals surface area (Å²) in [5, 5.41) is 7.36. The molecule has 1 rings (SSSR count). The summed E-state index contributed by atoms with van der Waals surface area (Å²) in [4.78, 5) is 0. The number of hydrogen-bond acceptors (Lipinski definition) is 1. The highest BCUT2D eigenvalue weighted by molar-refractivity contribution is 4.72. The number of hydrogen-bond donors (Lipinski definition) is 1. The summed E-state index contributed by atoms with van der Waals surface area (Å²) in [6.07, 6.45) is 1.75. The molecule has 1 heterocycles. The molecule has 0 aromatic carbocycles. The Hall–Kier alpha value is -0.0800. The van der Waals surface area contributed by atoms with Crippen molar-refractivity contribution >= 4 is 0 Å². The molecular weight excluding hydrogens is 88.1 g/mol. The van der Waals surface area contributed by atoms with E-state index in [2.05, 4.69) is 17.6 Å². The highest BCUT2D eigenvalue weighted by Gasteiger charge is 2.14. The third kappa shape index (κ3) is 1.14. The van der Waals surface area contributed by atoms with E-state index in [-0.39, 0.29) is 0 Å². The molecule has 0 saturated carbocycles. The van der Waals surface area contributed by atoms with Crippen LogP contribution >= 0.6 is 0 Å². The second kappa shape index (κ2) is 2.28. The Labute approximate surface area is 44.3 Å². The molecule has 0 aliphatic carbocycles. The maximum Gasteiger partial charge on any atom is 0.0748 e. The van der Waals surface area contributed by atoms with Crippen LogP contribution in [0.2, 0.25) is 0 Å². The molecule has 0 spiro atoms. The minimum absolute atomic E-state index is 0.505. The van der Waals surface area contributed by atoms with Gasteiger partial charge in [-0.05, 0) is 13.0 Å². The van der Waals surface area contributed by atoms with Crippen LogP contribution in [-0.2, 0) is 0 Å². The van der Waals surface area contributed by atoms with Crippen molar-refractivity contribution in [3.8, 4) is 0 Å². The lowest BCUT2D eigenvalue weighted by Gasteiger charge is -2.25. The lowest BCUT2D eigenvalue weighted by atomic mass is 10.2. The zero-order chi connectivity index (χ0) is 5.11. The van der Waals surface area contributed by atoms with E-state index in [4.69, 9.17) is 0 Å². The standard InChI is InChI=1S/C5H11N2/c1-2-6-5-3-4-7-5/h5-6H,2-4H2,1H3. The molecule has 2 heteroatoms. The van der Waals surface area contributed by atoms with Crippen molar-refractivity contribution in [1.29, 1.82) is 0 Å². The SMILES string of the molecule is CCNC1CC[N]1. The first-order valence-corrected chi connectivity index (χ1v) is 2.83. The van der Waals surface area contributed by atoms with Gasteiger partial charge in [-0.1, -0.05) is 6.92 Å². The Kier molecular flexibility index (Phi) is 1.65. The highest BCUT2D eigenvalue weighted by Crippen LogP contribution is 1.98. The van der Waals surface area contributed by atoms with Crippen molar-refractivity contribution in [3.05, 3.63) is 0 Å². The first kappa shape index (κ1) is 5.06. The second-order valence-electron chi connectivity index (χ2n) is 1.77. The predicted octanol–water partition coefficient (Wildman–Crippen LogP) is -0.0699. The minimum Gasteiger partial charge on any atom is -0.301 e. The summed E-state index contributed by atoms with van der Waals surface area (Å²) in [6, 6.07) is 0. The van der Waals surface area contributed by atoms with Crippen molar-refractivity contribution < 1.29 is 0 Å². The summed E-state index contributed by atoms with van der Waals surface area (Å²) in [5.74, 6) is 0. The van der Waals surface area contributed by atoms with E-state index in [0.717, 1.165) is 13.1 Å². The summed E-state index contributed by atoms with van der Waals surface area (Å²) in [6.45, 7) is 4.22. The number of nitrogens with zero attached hydrogens (tertiary/aromatic N) is 1. The molecule has 41 valence electrons. The fourth-order valence-corrected chi connectivity index (χ4v) is 0.660. The number of nitrogens with one attached hydrogen (secondary N) is 1. The predicted molar refractivity (Wildman–Crippen MR) is 29.1 cm³/mol. The van der Waals surface area contributed by atoms with E-state index in [0.29, 0.717) is 6.17 Å². The van der Waals surface area contributed by atoms with Crippen molar-refractivity contribution in [2.45, 2.75) is 19.5 Å². The molecule has 0 bridgehead atoms. The van der Waals surface area contributed by atoms with Gasteiger partial charge in [-0.25, -0.2) is 5.32 Å². The van der Waals surface area contributed by atoms with Crippen LogP contribution in [0.25, 0.3) is 0 Å². The van der Waals surface area contributed by atoms with Crippen LogP contribution in [0.15, 0.2) is 0 Å². The monoisotopic (exact) mass is 99.1 g/mol. The van der Waals surface area contributed by atoms with Crippen LogP contribution in [-0.4, -0.2) is 19.3 Å². The zero-order valence-electron chi connectivity index (χ0n) is 4.65. The van der Waals surface area contributed by atoms with Crippen LogP contribution in [0, 0.1) is 0 Å². The van der Waals surface area contributed by atoms with Gasteiger partial charge in [0.1, 0.15) is 0 Å². The minimum atomic E-state index is 0.505. The molecule has 1 fully saturated rings. The van der Waals surface area contributed by atoms with E-state index in [9.17, 15) is 0 Å². The van der Waals surface area contributed by atoms with Crippen LogP contribution in [0.1, 0.15) is 13.3 Å². The zero-order valence-corrected chi connectivity index (χ0v) is 4.65. The van der Waals surface area contributed by atoms with Gasteiger partial charge < -0.3 is 5.32 Å². The molecule has 1 radical (unpaired) electrons. The maximum absolute atomic E-state index is 4.15. The van der Waals surface area contributed by atoms with Gasteiger partial charge in [0.2, 0.25) is 0 Å². The topological polar surface area (TPSA) is 26.1 Å². The van der Waals surface area contributed by atoms with Crippen LogP contribution in [0.5, 0.6) is 0 Å². The van der Waals surface area contributed by atoms with Gasteiger partial charge in [-0.2, -0.15) is 0 Å². The largest absolute Gasteiger partial charge is 0.301 e. The molecule has 0 amide bonds. The van der Waals surface area contributed by atoms with Gasteiger partial charge in [0.05, 0.1) is 6.17 Å². The average molecular weight is 99.2 g/mol. The van der Waals surface area contributed by atoms with Gasteiger partial charge in [0.15, 0.2) is 0 Å². The Morgan fingerprint density at radius 2 is 2.57 bits per heavy atom. The lowest BCUT2D eigenvalue weighted by Crippen LogP contribution is -2.47. The quantitative estimate of drug-likeness (QED) is 0.515. The number of rotatable bonds is 2. The van der Waals surface area contributed by atoms with Gasteiger partial charge in [0.25, 0.3) is 0 Å². The molecule has 1 atom stereocenters. The second-order valence-corrected chi connectivity index (χ2v) is 1.77. The maximum atomic E-state index is 4.15. The van der Waals surface area contributed by atoms with E-state index >= 15 is 0 Å². The lowest BCUT2D eigenvalue weighted by molar-refractivity contribution is 0.306. The van der Waals surface area contributed by atoms with E-state index < -0.39 is 0 Å². The molecule has 1 N–H and O–H groups in total. The average Bonchev–Trinajstić information content (AvgIpc) is 1.55. The Morgan fingerprint density at radius 1 is 1.86 bits per heavy atom. The van der Waals surface area contributed by atoms with E-state index in [1.54, 1.807) is 0 Å². The van der Waals surface area contributed by atoms with Crippen molar-refractivity contribution in [3.63, 3.8) is 0 Å². The van der Waals surface area contributed by atoms with Gasteiger partial charge in [-0.3, -0.25) is 0 Å². The van der Waals surface area contributed by atoms with E-state index in [1.165, 1.54) is 6.42 Å².